The van der Waals surface area contributed by atoms with Gasteiger partial charge in [-0.25, -0.2) is 0 Å². The molecule has 1 aliphatic carbocycles. The number of rotatable bonds is 6. The highest BCUT2D eigenvalue weighted by molar-refractivity contribution is 5.85. The minimum absolute atomic E-state index is 0. The SMILES string of the molecule is CC(N)C(=O)NCC1CCC(C(=O)NC(C)C(=O)O)CC1.Cl. The van der Waals surface area contributed by atoms with Crippen LogP contribution in [-0.2, 0) is 14.4 Å². The van der Waals surface area contributed by atoms with Crippen LogP contribution in [-0.4, -0.2) is 41.5 Å². The van der Waals surface area contributed by atoms with Gasteiger partial charge in [-0.15, -0.1) is 12.4 Å². The van der Waals surface area contributed by atoms with Crippen LogP contribution in [0.4, 0.5) is 0 Å². The molecule has 2 amide bonds. The molecule has 5 N–H and O–H groups in total. The zero-order chi connectivity index (χ0) is 16.0. The molecule has 1 rings (SSSR count). The van der Waals surface area contributed by atoms with Crippen molar-refractivity contribution in [2.45, 2.75) is 51.6 Å². The number of hydrogen-bond acceptors (Lipinski definition) is 4. The van der Waals surface area contributed by atoms with Crippen LogP contribution in [0.5, 0.6) is 0 Å². The maximum atomic E-state index is 11.9. The van der Waals surface area contributed by atoms with Crippen molar-refractivity contribution in [3.8, 4) is 0 Å². The lowest BCUT2D eigenvalue weighted by Crippen LogP contribution is -2.44. The van der Waals surface area contributed by atoms with E-state index in [-0.39, 0.29) is 30.1 Å². The van der Waals surface area contributed by atoms with Crippen LogP contribution in [0.1, 0.15) is 39.5 Å². The van der Waals surface area contributed by atoms with Crippen LogP contribution in [0.15, 0.2) is 0 Å². The van der Waals surface area contributed by atoms with E-state index in [2.05, 4.69) is 10.6 Å². The Hall–Kier alpha value is -1.34. The van der Waals surface area contributed by atoms with Crippen LogP contribution >= 0.6 is 12.4 Å². The fourth-order valence-corrected chi connectivity index (χ4v) is 2.43. The molecule has 2 atom stereocenters. The summed E-state index contributed by atoms with van der Waals surface area (Å²) < 4.78 is 0. The number of aliphatic carboxylic acids is 1. The predicted molar refractivity (Wildman–Crippen MR) is 84.6 cm³/mol. The molecule has 1 aliphatic rings. The Kier molecular flexibility index (Phi) is 9.04. The molecule has 2 unspecified atom stereocenters. The van der Waals surface area contributed by atoms with Gasteiger partial charge in [-0.1, -0.05) is 0 Å². The quantitative estimate of drug-likeness (QED) is 0.555. The summed E-state index contributed by atoms with van der Waals surface area (Å²) in [6.07, 6.45) is 3.13. The summed E-state index contributed by atoms with van der Waals surface area (Å²) in [6.45, 7) is 3.68. The first-order valence-corrected chi connectivity index (χ1v) is 7.37. The minimum atomic E-state index is -1.03. The van der Waals surface area contributed by atoms with Crippen molar-refractivity contribution in [2.24, 2.45) is 17.6 Å². The van der Waals surface area contributed by atoms with E-state index >= 15 is 0 Å². The fraction of sp³-hybridized carbons (Fsp3) is 0.786. The van der Waals surface area contributed by atoms with E-state index < -0.39 is 18.1 Å². The molecule has 0 aliphatic heterocycles. The molecule has 1 saturated carbocycles. The highest BCUT2D eigenvalue weighted by Crippen LogP contribution is 2.28. The van der Waals surface area contributed by atoms with Crippen LogP contribution in [0.2, 0.25) is 0 Å². The van der Waals surface area contributed by atoms with Gasteiger partial charge in [0.25, 0.3) is 0 Å². The lowest BCUT2D eigenvalue weighted by molar-refractivity contribution is -0.142. The average molecular weight is 336 g/mol. The summed E-state index contributed by atoms with van der Waals surface area (Å²) in [5, 5.41) is 14.1. The van der Waals surface area contributed by atoms with Gasteiger partial charge in [0.15, 0.2) is 0 Å². The van der Waals surface area contributed by atoms with Crippen LogP contribution in [0.25, 0.3) is 0 Å². The third kappa shape index (κ3) is 6.62. The molecule has 0 aromatic heterocycles. The number of carboxylic acids is 1. The highest BCUT2D eigenvalue weighted by Gasteiger charge is 2.28. The van der Waals surface area contributed by atoms with E-state index in [9.17, 15) is 14.4 Å². The van der Waals surface area contributed by atoms with Crippen molar-refractivity contribution in [3.05, 3.63) is 0 Å². The van der Waals surface area contributed by atoms with Gasteiger partial charge in [-0.2, -0.15) is 0 Å². The van der Waals surface area contributed by atoms with Crippen molar-refractivity contribution in [3.63, 3.8) is 0 Å². The number of nitrogens with one attached hydrogen (secondary N) is 2. The zero-order valence-corrected chi connectivity index (χ0v) is 13.8. The number of carboxylic acid groups (broad SMARTS) is 1. The molecule has 0 saturated heterocycles. The number of nitrogens with two attached hydrogens (primary N) is 1. The first-order chi connectivity index (χ1) is 9.81. The average Bonchev–Trinajstić information content (AvgIpc) is 2.44. The van der Waals surface area contributed by atoms with Crippen molar-refractivity contribution in [1.29, 1.82) is 0 Å². The number of halogens is 1. The number of amides is 2. The van der Waals surface area contributed by atoms with Crippen molar-refractivity contribution < 1.29 is 19.5 Å². The minimum Gasteiger partial charge on any atom is -0.480 e. The van der Waals surface area contributed by atoms with Gasteiger partial charge in [-0.3, -0.25) is 14.4 Å². The summed E-state index contributed by atoms with van der Waals surface area (Å²) in [5.41, 5.74) is 5.47. The zero-order valence-electron chi connectivity index (χ0n) is 13.0. The van der Waals surface area contributed by atoms with Crippen molar-refractivity contribution in [2.75, 3.05) is 6.54 Å². The lowest BCUT2D eigenvalue weighted by atomic mass is 9.81. The molecule has 0 heterocycles. The van der Waals surface area contributed by atoms with Crippen molar-refractivity contribution >= 4 is 30.2 Å². The smallest absolute Gasteiger partial charge is 0.325 e. The van der Waals surface area contributed by atoms with E-state index in [0.29, 0.717) is 12.5 Å². The fourth-order valence-electron chi connectivity index (χ4n) is 2.43. The first kappa shape index (κ1) is 20.7. The largest absolute Gasteiger partial charge is 0.480 e. The van der Waals surface area contributed by atoms with E-state index in [0.717, 1.165) is 25.7 Å². The van der Waals surface area contributed by atoms with Gasteiger partial charge in [0.2, 0.25) is 11.8 Å². The Bertz CT molecular complexity index is 396. The van der Waals surface area contributed by atoms with Crippen LogP contribution < -0.4 is 16.4 Å². The van der Waals surface area contributed by atoms with E-state index in [1.54, 1.807) is 6.92 Å². The molecular weight excluding hydrogens is 310 g/mol. The Morgan fingerprint density at radius 1 is 1.18 bits per heavy atom. The first-order valence-electron chi connectivity index (χ1n) is 7.37. The third-order valence-electron chi connectivity index (χ3n) is 3.93. The van der Waals surface area contributed by atoms with Crippen molar-refractivity contribution in [1.82, 2.24) is 10.6 Å². The summed E-state index contributed by atoms with van der Waals surface area (Å²) in [6, 6.07) is -1.37. The molecule has 8 heteroatoms. The molecule has 22 heavy (non-hydrogen) atoms. The topological polar surface area (TPSA) is 122 Å². The second-order valence-corrected chi connectivity index (χ2v) is 5.82. The maximum Gasteiger partial charge on any atom is 0.325 e. The van der Waals surface area contributed by atoms with Gasteiger partial charge in [0.05, 0.1) is 6.04 Å². The monoisotopic (exact) mass is 335 g/mol. The predicted octanol–water partition coefficient (Wildman–Crippen LogP) is 0.267. The summed E-state index contributed by atoms with van der Waals surface area (Å²) in [5.74, 6) is -1.16. The van der Waals surface area contributed by atoms with E-state index in [1.807, 2.05) is 0 Å². The van der Waals surface area contributed by atoms with E-state index in [4.69, 9.17) is 10.8 Å². The molecule has 0 aromatic rings. The summed E-state index contributed by atoms with van der Waals surface area (Å²) >= 11 is 0. The summed E-state index contributed by atoms with van der Waals surface area (Å²) in [7, 11) is 0. The Morgan fingerprint density at radius 3 is 2.18 bits per heavy atom. The number of carbonyl (C=O) groups is 3. The Balaban J connectivity index is 0.00000441. The number of hydrogen-bond donors (Lipinski definition) is 4. The van der Waals surface area contributed by atoms with Gasteiger partial charge in [0, 0.05) is 12.5 Å². The molecule has 0 aromatic carbocycles. The summed E-state index contributed by atoms with van der Waals surface area (Å²) in [4.78, 5) is 34.0. The highest BCUT2D eigenvalue weighted by atomic mass is 35.5. The molecular formula is C14H26ClN3O4. The molecule has 0 spiro atoms. The second kappa shape index (κ2) is 9.63. The Morgan fingerprint density at radius 2 is 1.73 bits per heavy atom. The molecule has 1 fully saturated rings. The number of carbonyl (C=O) groups excluding carboxylic acids is 2. The molecule has 128 valence electrons. The molecule has 0 bridgehead atoms. The second-order valence-electron chi connectivity index (χ2n) is 5.82. The van der Waals surface area contributed by atoms with E-state index in [1.165, 1.54) is 6.92 Å². The molecule has 0 radical (unpaired) electrons. The van der Waals surface area contributed by atoms with Crippen LogP contribution in [0, 0.1) is 11.8 Å². The van der Waals surface area contributed by atoms with Crippen LogP contribution in [0.3, 0.4) is 0 Å². The molecule has 7 nitrogen and oxygen atoms in total. The Labute approximate surface area is 136 Å². The van der Waals surface area contributed by atoms with Gasteiger partial charge >= 0.3 is 5.97 Å². The lowest BCUT2D eigenvalue weighted by Gasteiger charge is -2.28. The van der Waals surface area contributed by atoms with Gasteiger partial charge in [0.1, 0.15) is 6.04 Å². The van der Waals surface area contributed by atoms with Gasteiger partial charge < -0.3 is 21.5 Å². The van der Waals surface area contributed by atoms with Gasteiger partial charge in [-0.05, 0) is 45.4 Å². The third-order valence-corrected chi connectivity index (χ3v) is 3.93. The standard InChI is InChI=1S/C14H25N3O4.ClH/c1-8(15)12(18)16-7-10-3-5-11(6-4-10)13(19)17-9(2)14(20)21;/h8-11H,3-7,15H2,1-2H3,(H,16,18)(H,17,19)(H,20,21);1H. The normalized spacial score (nSPS) is 23.6. The maximum absolute atomic E-state index is 11.9.